The predicted molar refractivity (Wildman–Crippen MR) is 179 cm³/mol. The molecule has 1 unspecified atom stereocenters. The van der Waals surface area contributed by atoms with E-state index in [1.807, 2.05) is 78.9 Å². The molecule has 3 heteroatoms. The maximum absolute atomic E-state index is 14.3. The van der Waals surface area contributed by atoms with Crippen LogP contribution in [0.2, 0.25) is 0 Å². The van der Waals surface area contributed by atoms with E-state index < -0.39 is 0 Å². The summed E-state index contributed by atoms with van der Waals surface area (Å²) in [6.45, 7) is 0. The molecule has 0 amide bonds. The first-order valence-corrected chi connectivity index (χ1v) is 14.9. The zero-order valence-corrected chi connectivity index (χ0v) is 23.7. The van der Waals surface area contributed by atoms with E-state index in [2.05, 4.69) is 71.3 Å². The summed E-state index contributed by atoms with van der Waals surface area (Å²) in [5.41, 5.74) is 6.79. The lowest BCUT2D eigenvalue weighted by atomic mass is 9.73. The van der Waals surface area contributed by atoms with Crippen LogP contribution in [-0.2, 0) is 0 Å². The zero-order valence-electron chi connectivity index (χ0n) is 23.7. The first-order valence-electron chi connectivity index (χ1n) is 14.9. The van der Waals surface area contributed by atoms with E-state index in [1.54, 1.807) is 0 Å². The third-order valence-corrected chi connectivity index (χ3v) is 9.26. The van der Waals surface area contributed by atoms with Gasteiger partial charge in [-0.15, -0.1) is 0 Å². The molecule has 1 aromatic heterocycles. The van der Waals surface area contributed by atoms with E-state index in [0.717, 1.165) is 55.0 Å². The Bertz CT molecular complexity index is 2550. The number of benzene rings is 7. The molecular weight excluding hydrogens is 538 g/mol. The van der Waals surface area contributed by atoms with Crippen molar-refractivity contribution in [1.29, 1.82) is 0 Å². The van der Waals surface area contributed by atoms with Gasteiger partial charge in [0, 0.05) is 33.2 Å². The largest absolute Gasteiger partial charge is 0.308 e. The van der Waals surface area contributed by atoms with Crippen LogP contribution >= 0.6 is 0 Å². The van der Waals surface area contributed by atoms with Crippen LogP contribution in [0.3, 0.4) is 0 Å². The van der Waals surface area contributed by atoms with Gasteiger partial charge in [0.1, 0.15) is 0 Å². The Kier molecular flexibility index (Phi) is 5.26. The first-order chi connectivity index (χ1) is 21.7. The molecule has 8 aromatic rings. The number of hydrogen-bond donors (Lipinski definition) is 0. The minimum atomic E-state index is -0.203. The molecule has 9 rings (SSSR count). The second kappa shape index (κ2) is 9.35. The average molecular weight is 564 g/mol. The van der Waals surface area contributed by atoms with Crippen molar-refractivity contribution in [2.24, 2.45) is 0 Å². The van der Waals surface area contributed by atoms with Crippen molar-refractivity contribution in [2.75, 3.05) is 0 Å². The Labute approximate surface area is 253 Å². The first kappa shape index (κ1) is 24.8. The predicted octanol–water partition coefficient (Wildman–Crippen LogP) is 9.17. The van der Waals surface area contributed by atoms with Gasteiger partial charge in [0.2, 0.25) is 0 Å². The molecular formula is C41H25NO2. The Hall–Kier alpha value is -5.80. The van der Waals surface area contributed by atoms with Crippen molar-refractivity contribution in [3.8, 4) is 5.69 Å². The fourth-order valence-corrected chi connectivity index (χ4v) is 7.31. The molecule has 44 heavy (non-hydrogen) atoms. The van der Waals surface area contributed by atoms with Crippen LogP contribution < -0.4 is 5.43 Å². The zero-order chi connectivity index (χ0) is 29.4. The molecule has 0 fully saturated rings. The highest BCUT2D eigenvalue weighted by molar-refractivity contribution is 6.15. The van der Waals surface area contributed by atoms with E-state index in [0.29, 0.717) is 21.9 Å². The summed E-state index contributed by atoms with van der Waals surface area (Å²) < 4.78 is 2.16. The van der Waals surface area contributed by atoms with E-state index in [4.69, 9.17) is 0 Å². The minimum Gasteiger partial charge on any atom is -0.308 e. The van der Waals surface area contributed by atoms with Gasteiger partial charge in [-0.05, 0) is 63.2 Å². The van der Waals surface area contributed by atoms with Crippen LogP contribution in [-0.4, -0.2) is 10.4 Å². The number of nitrogens with zero attached hydrogens (tertiary/aromatic N) is 1. The van der Waals surface area contributed by atoms with Gasteiger partial charge in [-0.25, -0.2) is 0 Å². The molecule has 0 spiro atoms. The molecule has 7 aromatic carbocycles. The second-order valence-corrected chi connectivity index (χ2v) is 11.6. The number of carbonyl (C=O) groups excluding carboxylic acids is 1. The number of ketones is 1. The highest BCUT2D eigenvalue weighted by atomic mass is 16.1. The summed E-state index contributed by atoms with van der Waals surface area (Å²) in [7, 11) is 0. The van der Waals surface area contributed by atoms with E-state index in [9.17, 15) is 9.59 Å². The maximum atomic E-state index is 14.3. The summed E-state index contributed by atoms with van der Waals surface area (Å²) in [6, 6.07) is 48.9. The third-order valence-electron chi connectivity index (χ3n) is 9.26. The van der Waals surface area contributed by atoms with Crippen LogP contribution in [0.25, 0.3) is 49.0 Å². The molecule has 1 atom stereocenters. The van der Waals surface area contributed by atoms with Crippen molar-refractivity contribution in [3.05, 3.63) is 184 Å². The van der Waals surface area contributed by atoms with E-state index in [1.165, 1.54) is 0 Å². The third kappa shape index (κ3) is 3.44. The van der Waals surface area contributed by atoms with Crippen LogP contribution in [0.1, 0.15) is 38.5 Å². The molecule has 1 aliphatic rings. The summed E-state index contributed by atoms with van der Waals surface area (Å²) >= 11 is 0. The van der Waals surface area contributed by atoms with E-state index in [-0.39, 0.29) is 17.1 Å². The molecule has 0 N–H and O–H groups in total. The summed E-state index contributed by atoms with van der Waals surface area (Å²) in [6.07, 6.45) is 0. The topological polar surface area (TPSA) is 39.1 Å². The molecule has 0 bridgehead atoms. The van der Waals surface area contributed by atoms with Gasteiger partial charge in [0.05, 0.1) is 16.7 Å². The lowest BCUT2D eigenvalue weighted by Gasteiger charge is -2.30. The monoisotopic (exact) mass is 563 g/mol. The molecule has 0 saturated carbocycles. The molecule has 0 aliphatic heterocycles. The number of pyridine rings is 1. The molecule has 1 heterocycles. The molecule has 1 aliphatic carbocycles. The highest BCUT2D eigenvalue weighted by Gasteiger charge is 2.34. The van der Waals surface area contributed by atoms with Gasteiger partial charge in [-0.3, -0.25) is 9.59 Å². The lowest BCUT2D eigenvalue weighted by molar-refractivity contribution is 0.103. The van der Waals surface area contributed by atoms with Gasteiger partial charge >= 0.3 is 0 Å². The Morgan fingerprint density at radius 2 is 1.05 bits per heavy atom. The number of fused-ring (bicyclic) bond motifs is 6. The van der Waals surface area contributed by atoms with Gasteiger partial charge in [-0.2, -0.15) is 0 Å². The minimum absolute atomic E-state index is 0.0148. The van der Waals surface area contributed by atoms with Gasteiger partial charge in [0.15, 0.2) is 11.2 Å². The smallest absolute Gasteiger partial charge is 0.197 e. The van der Waals surface area contributed by atoms with Crippen molar-refractivity contribution < 1.29 is 4.79 Å². The molecule has 206 valence electrons. The number of aromatic nitrogens is 1. The SMILES string of the molecule is O=C1c2ccccc2C(c2cccc3ccccc23)c2cc3c(=O)c4ccccc4n(-c4cccc5ccccc45)c3cc21. The lowest BCUT2D eigenvalue weighted by Crippen LogP contribution is -2.22. The molecule has 3 nitrogen and oxygen atoms in total. The van der Waals surface area contributed by atoms with Gasteiger partial charge in [-0.1, -0.05) is 115 Å². The van der Waals surface area contributed by atoms with Crippen LogP contribution in [0.4, 0.5) is 0 Å². The van der Waals surface area contributed by atoms with Gasteiger partial charge < -0.3 is 4.57 Å². The standard InChI is InChI=1S/C41H25NO2/c43-40-31-18-6-5-17-30(31)39(29-20-9-13-25-11-1-3-15-27(25)29)33-23-35-38(24-34(33)40)42(37-21-8-7-19-32(37)41(35)44)36-22-10-14-26-12-2-4-16-28(26)36/h1-24,39H. The van der Waals surface area contributed by atoms with Gasteiger partial charge in [0.25, 0.3) is 0 Å². The van der Waals surface area contributed by atoms with Crippen molar-refractivity contribution in [3.63, 3.8) is 0 Å². The summed E-state index contributed by atoms with van der Waals surface area (Å²) in [5.74, 6) is -0.217. The molecule has 0 radical (unpaired) electrons. The fraction of sp³-hybridized carbons (Fsp3) is 0.0244. The van der Waals surface area contributed by atoms with Crippen molar-refractivity contribution in [1.82, 2.24) is 4.57 Å². The second-order valence-electron chi connectivity index (χ2n) is 11.6. The van der Waals surface area contributed by atoms with Crippen LogP contribution in [0, 0.1) is 0 Å². The Balaban J connectivity index is 1.44. The maximum Gasteiger partial charge on any atom is 0.197 e. The number of para-hydroxylation sites is 1. The summed E-state index contributed by atoms with van der Waals surface area (Å²) in [4.78, 5) is 28.6. The molecule has 0 saturated heterocycles. The average Bonchev–Trinajstić information content (AvgIpc) is 3.08. The Morgan fingerprint density at radius 1 is 0.432 bits per heavy atom. The Morgan fingerprint density at radius 3 is 1.89 bits per heavy atom. The van der Waals surface area contributed by atoms with E-state index >= 15 is 0 Å². The van der Waals surface area contributed by atoms with Crippen molar-refractivity contribution in [2.45, 2.75) is 5.92 Å². The van der Waals surface area contributed by atoms with Crippen LogP contribution in [0.15, 0.2) is 150 Å². The van der Waals surface area contributed by atoms with Crippen molar-refractivity contribution >= 4 is 49.1 Å². The summed E-state index contributed by atoms with van der Waals surface area (Å²) in [5, 5.41) is 5.73. The number of rotatable bonds is 2. The fourth-order valence-electron chi connectivity index (χ4n) is 7.31. The quantitative estimate of drug-likeness (QED) is 0.197. The number of carbonyl (C=O) groups is 1. The van der Waals surface area contributed by atoms with Crippen LogP contribution in [0.5, 0.6) is 0 Å². The normalized spacial score (nSPS) is 14.3. The number of hydrogen-bond acceptors (Lipinski definition) is 2. The highest BCUT2D eigenvalue weighted by Crippen LogP contribution is 2.44.